The first-order valence-corrected chi connectivity index (χ1v) is 11.9. The maximum atomic E-state index is 13.4. The molecule has 5 rings (SSSR count). The molecule has 1 fully saturated rings. The lowest BCUT2D eigenvalue weighted by Gasteiger charge is -2.49. The fraction of sp³-hybridized carbons (Fsp3) is 0.346. The van der Waals surface area contributed by atoms with Crippen molar-refractivity contribution < 1.29 is 22.4 Å². The number of piperazine rings is 1. The van der Waals surface area contributed by atoms with Crippen LogP contribution in [0, 0.1) is 5.92 Å². The maximum Gasteiger partial charge on any atom is 0.416 e. The molecule has 1 N–H and O–H groups in total. The number of anilines is 1. The Hall–Kier alpha value is -2.97. The summed E-state index contributed by atoms with van der Waals surface area (Å²) >= 11 is 6.01. The summed E-state index contributed by atoms with van der Waals surface area (Å²) in [5.41, 5.74) is 1.77. The quantitative estimate of drug-likeness (QED) is 0.524. The molecule has 0 aliphatic carbocycles. The molecular formula is C26H25ClF3N3O2. The van der Waals surface area contributed by atoms with Crippen molar-refractivity contribution in [2.75, 3.05) is 24.5 Å². The highest BCUT2D eigenvalue weighted by Gasteiger charge is 2.42. The van der Waals surface area contributed by atoms with Gasteiger partial charge in [0.25, 0.3) is 0 Å². The Balaban J connectivity index is 1.40. The van der Waals surface area contributed by atoms with Crippen LogP contribution in [-0.2, 0) is 30.5 Å². The standard InChI is InChI=1S/C26H25ClF3N3O2/c27-20-6-3-17(4-7-20)15-32-9-10-33-23-8-5-19(26(28,29)30)12-18(23)13-22(24(33)16-32)25(34)31-14-21-2-1-11-35-21/h1-8,11-12,22,24H,9-10,13-16H2,(H,31,34)/t22-,24-/m0/s1. The van der Waals surface area contributed by atoms with Gasteiger partial charge in [0.15, 0.2) is 0 Å². The molecule has 184 valence electrons. The van der Waals surface area contributed by atoms with E-state index in [2.05, 4.69) is 15.1 Å². The number of carbonyl (C=O) groups is 1. The van der Waals surface area contributed by atoms with Crippen LogP contribution in [-0.4, -0.2) is 36.5 Å². The normalized spacial score (nSPS) is 20.3. The van der Waals surface area contributed by atoms with Crippen molar-refractivity contribution in [3.8, 4) is 0 Å². The highest BCUT2D eigenvalue weighted by Crippen LogP contribution is 2.40. The maximum absolute atomic E-state index is 13.4. The predicted octanol–water partition coefficient (Wildman–Crippen LogP) is 5.13. The Morgan fingerprint density at radius 1 is 1.11 bits per heavy atom. The van der Waals surface area contributed by atoms with Crippen LogP contribution in [0.25, 0.3) is 0 Å². The lowest BCUT2D eigenvalue weighted by molar-refractivity contribution is -0.137. The number of nitrogens with zero attached hydrogens (tertiary/aromatic N) is 2. The summed E-state index contributed by atoms with van der Waals surface area (Å²) in [6, 6.07) is 14.9. The van der Waals surface area contributed by atoms with Crippen LogP contribution >= 0.6 is 11.6 Å². The summed E-state index contributed by atoms with van der Waals surface area (Å²) in [6.45, 7) is 2.93. The summed E-state index contributed by atoms with van der Waals surface area (Å²) in [5, 5.41) is 3.59. The van der Waals surface area contributed by atoms with Crippen LogP contribution in [0.2, 0.25) is 5.02 Å². The number of benzene rings is 2. The van der Waals surface area contributed by atoms with Crippen molar-refractivity contribution in [3.05, 3.63) is 88.3 Å². The summed E-state index contributed by atoms with van der Waals surface area (Å²) in [7, 11) is 0. The highest BCUT2D eigenvalue weighted by atomic mass is 35.5. The van der Waals surface area contributed by atoms with Gasteiger partial charge in [-0.25, -0.2) is 0 Å². The molecule has 1 amide bonds. The zero-order chi connectivity index (χ0) is 24.6. The number of amides is 1. The third kappa shape index (κ3) is 5.18. The number of nitrogens with one attached hydrogen (secondary N) is 1. The molecule has 2 aromatic carbocycles. The van der Waals surface area contributed by atoms with Crippen molar-refractivity contribution in [2.45, 2.75) is 31.7 Å². The topological polar surface area (TPSA) is 48.7 Å². The Kier molecular flexibility index (Phi) is 6.51. The molecule has 1 aromatic heterocycles. The van der Waals surface area contributed by atoms with E-state index in [-0.39, 0.29) is 24.9 Å². The molecule has 3 aromatic rings. The number of hydrogen-bond acceptors (Lipinski definition) is 4. The van der Waals surface area contributed by atoms with Gasteiger partial charge in [-0.15, -0.1) is 0 Å². The molecule has 0 spiro atoms. The number of hydrogen-bond donors (Lipinski definition) is 1. The Morgan fingerprint density at radius 3 is 2.63 bits per heavy atom. The second kappa shape index (κ2) is 9.59. The van der Waals surface area contributed by atoms with Gasteiger partial charge in [0.05, 0.1) is 30.3 Å². The van der Waals surface area contributed by atoms with Crippen LogP contribution < -0.4 is 10.2 Å². The average Bonchev–Trinajstić information content (AvgIpc) is 3.36. The largest absolute Gasteiger partial charge is 0.467 e. The summed E-state index contributed by atoms with van der Waals surface area (Å²) in [5.74, 6) is -0.0550. The summed E-state index contributed by atoms with van der Waals surface area (Å²) < 4.78 is 45.5. The lowest BCUT2D eigenvalue weighted by Crippen LogP contribution is -2.60. The van der Waals surface area contributed by atoms with E-state index in [0.29, 0.717) is 36.0 Å². The molecule has 5 nitrogen and oxygen atoms in total. The first-order valence-electron chi connectivity index (χ1n) is 11.5. The SMILES string of the molecule is O=C(NCc1ccco1)[C@H]1Cc2cc(C(F)(F)F)ccc2N2CCN(Cc3ccc(Cl)cc3)C[C@@H]12. The van der Waals surface area contributed by atoms with Crippen LogP contribution in [0.3, 0.4) is 0 Å². The van der Waals surface area contributed by atoms with E-state index >= 15 is 0 Å². The molecule has 0 saturated carbocycles. The van der Waals surface area contributed by atoms with Gasteiger partial charge >= 0.3 is 6.18 Å². The van der Waals surface area contributed by atoms with Gasteiger partial charge in [-0.1, -0.05) is 23.7 Å². The van der Waals surface area contributed by atoms with E-state index in [1.165, 1.54) is 12.3 Å². The second-order valence-electron chi connectivity index (χ2n) is 9.07. The van der Waals surface area contributed by atoms with Crippen LogP contribution in [0.15, 0.2) is 65.3 Å². The fourth-order valence-corrected chi connectivity index (χ4v) is 5.19. The minimum Gasteiger partial charge on any atom is -0.467 e. The zero-order valence-corrected chi connectivity index (χ0v) is 19.6. The number of halogens is 4. The van der Waals surface area contributed by atoms with Gasteiger partial charge < -0.3 is 14.6 Å². The molecule has 0 bridgehead atoms. The molecule has 3 heterocycles. The van der Waals surface area contributed by atoms with Crippen molar-refractivity contribution >= 4 is 23.2 Å². The molecule has 9 heteroatoms. The Labute approximate surface area is 206 Å². The van der Waals surface area contributed by atoms with Gasteiger partial charge in [0.1, 0.15) is 5.76 Å². The second-order valence-corrected chi connectivity index (χ2v) is 9.51. The molecule has 1 saturated heterocycles. The molecule has 35 heavy (non-hydrogen) atoms. The minimum atomic E-state index is -4.43. The summed E-state index contributed by atoms with van der Waals surface area (Å²) in [6.07, 6.45) is -2.64. The van der Waals surface area contributed by atoms with Crippen molar-refractivity contribution in [1.29, 1.82) is 0 Å². The van der Waals surface area contributed by atoms with E-state index < -0.39 is 17.7 Å². The van der Waals surface area contributed by atoms with E-state index in [4.69, 9.17) is 16.0 Å². The van der Waals surface area contributed by atoms with Gasteiger partial charge in [-0.3, -0.25) is 9.69 Å². The molecule has 2 atom stereocenters. The number of alkyl halides is 3. The first kappa shape index (κ1) is 23.8. The third-order valence-corrected chi connectivity index (χ3v) is 7.05. The number of furan rings is 1. The Morgan fingerprint density at radius 2 is 1.91 bits per heavy atom. The Bertz CT molecular complexity index is 1180. The molecule has 2 aliphatic heterocycles. The summed E-state index contributed by atoms with van der Waals surface area (Å²) in [4.78, 5) is 17.7. The van der Waals surface area contributed by atoms with Crippen LogP contribution in [0.1, 0.15) is 22.5 Å². The molecule has 0 radical (unpaired) electrons. The molecule has 0 unspecified atom stereocenters. The smallest absolute Gasteiger partial charge is 0.416 e. The average molecular weight is 504 g/mol. The monoisotopic (exact) mass is 503 g/mol. The van der Waals surface area contributed by atoms with Crippen molar-refractivity contribution in [3.63, 3.8) is 0 Å². The highest BCUT2D eigenvalue weighted by molar-refractivity contribution is 6.30. The zero-order valence-electron chi connectivity index (χ0n) is 18.9. The minimum absolute atomic E-state index is 0.156. The molecule has 2 aliphatic rings. The van der Waals surface area contributed by atoms with Crippen molar-refractivity contribution in [2.24, 2.45) is 5.92 Å². The van der Waals surface area contributed by atoms with Gasteiger partial charge in [-0.05, 0) is 60.0 Å². The lowest BCUT2D eigenvalue weighted by atomic mass is 9.82. The van der Waals surface area contributed by atoms with Gasteiger partial charge in [0.2, 0.25) is 5.91 Å². The molecular weight excluding hydrogens is 479 g/mol. The van der Waals surface area contributed by atoms with Crippen LogP contribution in [0.5, 0.6) is 0 Å². The van der Waals surface area contributed by atoms with Crippen LogP contribution in [0.4, 0.5) is 18.9 Å². The number of rotatable bonds is 5. The third-order valence-electron chi connectivity index (χ3n) is 6.80. The number of fused-ring (bicyclic) bond motifs is 3. The van der Waals surface area contributed by atoms with Crippen molar-refractivity contribution in [1.82, 2.24) is 10.2 Å². The fourth-order valence-electron chi connectivity index (χ4n) is 5.07. The van der Waals surface area contributed by atoms with E-state index in [1.807, 2.05) is 24.3 Å². The van der Waals surface area contributed by atoms with Gasteiger partial charge in [0, 0.05) is 36.9 Å². The van der Waals surface area contributed by atoms with E-state index in [0.717, 1.165) is 23.9 Å². The van der Waals surface area contributed by atoms with E-state index in [1.54, 1.807) is 18.2 Å². The van der Waals surface area contributed by atoms with E-state index in [9.17, 15) is 18.0 Å². The predicted molar refractivity (Wildman–Crippen MR) is 127 cm³/mol. The number of carbonyl (C=O) groups excluding carboxylic acids is 1. The first-order chi connectivity index (χ1) is 16.8. The van der Waals surface area contributed by atoms with Gasteiger partial charge in [-0.2, -0.15) is 13.2 Å².